The zero-order valence-electron chi connectivity index (χ0n) is 11.2. The molecule has 1 heterocycles. The van der Waals surface area contributed by atoms with Crippen molar-refractivity contribution in [3.63, 3.8) is 0 Å². The maximum Gasteiger partial charge on any atom is 0.0589 e. The Balaban J connectivity index is 2.28. The molecule has 0 bridgehead atoms. The van der Waals surface area contributed by atoms with Gasteiger partial charge in [0.05, 0.1) is 6.61 Å². The summed E-state index contributed by atoms with van der Waals surface area (Å²) in [7, 11) is 1.78. The van der Waals surface area contributed by atoms with Crippen LogP contribution < -0.4 is 5.32 Å². The molecule has 1 saturated heterocycles. The van der Waals surface area contributed by atoms with E-state index in [-0.39, 0.29) is 0 Å². The van der Waals surface area contributed by atoms with Crippen molar-refractivity contribution in [1.29, 1.82) is 0 Å². The van der Waals surface area contributed by atoms with Crippen molar-refractivity contribution in [1.82, 2.24) is 10.2 Å². The first-order valence-corrected chi connectivity index (χ1v) is 6.67. The highest BCUT2D eigenvalue weighted by atomic mass is 16.5. The fourth-order valence-electron chi connectivity index (χ4n) is 2.39. The Hall–Kier alpha value is -0.120. The minimum atomic E-state index is 0.698. The van der Waals surface area contributed by atoms with Crippen LogP contribution in [0.1, 0.15) is 33.1 Å². The second kappa shape index (κ2) is 8.04. The van der Waals surface area contributed by atoms with Crippen LogP contribution in [0.5, 0.6) is 0 Å². The number of hydrogen-bond acceptors (Lipinski definition) is 3. The molecule has 1 unspecified atom stereocenters. The van der Waals surface area contributed by atoms with E-state index in [1.807, 2.05) is 0 Å². The molecule has 3 heteroatoms. The standard InChI is InChI=1S/C13H28N2O/c1-12(2)10-15(8-9-16-3)11-13-6-4-5-7-14-13/h12-14H,4-11H2,1-3H3. The Kier molecular flexibility index (Phi) is 7.01. The van der Waals surface area contributed by atoms with E-state index in [1.54, 1.807) is 7.11 Å². The van der Waals surface area contributed by atoms with Gasteiger partial charge in [0, 0.05) is 32.8 Å². The molecule has 0 radical (unpaired) electrons. The maximum atomic E-state index is 5.18. The van der Waals surface area contributed by atoms with Crippen molar-refractivity contribution < 1.29 is 4.74 Å². The second-order valence-electron chi connectivity index (χ2n) is 5.29. The van der Waals surface area contributed by atoms with Crippen molar-refractivity contribution in [3.05, 3.63) is 0 Å². The predicted molar refractivity (Wildman–Crippen MR) is 68.8 cm³/mol. The van der Waals surface area contributed by atoms with Crippen LogP contribution >= 0.6 is 0 Å². The van der Waals surface area contributed by atoms with Crippen LogP contribution in [0.25, 0.3) is 0 Å². The molecule has 1 aliphatic heterocycles. The lowest BCUT2D eigenvalue weighted by Gasteiger charge is -2.31. The number of rotatable bonds is 7. The lowest BCUT2D eigenvalue weighted by Crippen LogP contribution is -2.45. The van der Waals surface area contributed by atoms with Gasteiger partial charge in [-0.25, -0.2) is 0 Å². The minimum Gasteiger partial charge on any atom is -0.383 e. The molecule has 0 saturated carbocycles. The Labute approximate surface area is 101 Å². The fourth-order valence-corrected chi connectivity index (χ4v) is 2.39. The van der Waals surface area contributed by atoms with E-state index in [4.69, 9.17) is 4.74 Å². The molecule has 0 aromatic heterocycles. The summed E-state index contributed by atoms with van der Waals surface area (Å²) in [5.74, 6) is 0.737. The number of hydrogen-bond donors (Lipinski definition) is 1. The Morgan fingerprint density at radius 1 is 1.38 bits per heavy atom. The maximum absolute atomic E-state index is 5.18. The van der Waals surface area contributed by atoms with Gasteiger partial charge in [-0.15, -0.1) is 0 Å². The predicted octanol–water partition coefficient (Wildman–Crippen LogP) is 1.73. The molecular weight excluding hydrogens is 200 g/mol. The first-order chi connectivity index (χ1) is 7.72. The highest BCUT2D eigenvalue weighted by Gasteiger charge is 2.16. The highest BCUT2D eigenvalue weighted by Crippen LogP contribution is 2.09. The molecule has 1 aliphatic rings. The summed E-state index contributed by atoms with van der Waals surface area (Å²) < 4.78 is 5.18. The molecule has 16 heavy (non-hydrogen) atoms. The van der Waals surface area contributed by atoms with E-state index in [0.29, 0.717) is 6.04 Å². The smallest absolute Gasteiger partial charge is 0.0589 e. The van der Waals surface area contributed by atoms with Crippen LogP contribution in [0.2, 0.25) is 0 Å². The van der Waals surface area contributed by atoms with Crippen molar-refractivity contribution in [2.45, 2.75) is 39.2 Å². The molecular formula is C13H28N2O. The molecule has 96 valence electrons. The molecule has 1 atom stereocenters. The first kappa shape index (κ1) is 13.9. The summed E-state index contributed by atoms with van der Waals surface area (Å²) in [5.41, 5.74) is 0. The van der Waals surface area contributed by atoms with Gasteiger partial charge < -0.3 is 10.1 Å². The molecule has 0 aromatic rings. The molecule has 0 amide bonds. The molecule has 1 N–H and O–H groups in total. The van der Waals surface area contributed by atoms with E-state index in [0.717, 1.165) is 19.1 Å². The number of piperidine rings is 1. The van der Waals surface area contributed by atoms with Gasteiger partial charge in [0.1, 0.15) is 0 Å². The van der Waals surface area contributed by atoms with E-state index in [9.17, 15) is 0 Å². The average molecular weight is 228 g/mol. The molecule has 0 spiro atoms. The first-order valence-electron chi connectivity index (χ1n) is 6.67. The molecule has 0 aliphatic carbocycles. The van der Waals surface area contributed by atoms with Gasteiger partial charge in [0.15, 0.2) is 0 Å². The van der Waals surface area contributed by atoms with Gasteiger partial charge in [0.25, 0.3) is 0 Å². The average Bonchev–Trinajstić information content (AvgIpc) is 2.26. The molecule has 1 rings (SSSR count). The summed E-state index contributed by atoms with van der Waals surface area (Å²) in [6.07, 6.45) is 4.07. The third kappa shape index (κ3) is 5.83. The Morgan fingerprint density at radius 2 is 2.19 bits per heavy atom. The van der Waals surface area contributed by atoms with E-state index >= 15 is 0 Å². The summed E-state index contributed by atoms with van der Waals surface area (Å²) in [4.78, 5) is 2.54. The Morgan fingerprint density at radius 3 is 2.75 bits per heavy atom. The van der Waals surface area contributed by atoms with E-state index < -0.39 is 0 Å². The van der Waals surface area contributed by atoms with Gasteiger partial charge >= 0.3 is 0 Å². The zero-order valence-corrected chi connectivity index (χ0v) is 11.2. The van der Waals surface area contributed by atoms with Crippen LogP contribution in [-0.2, 0) is 4.74 Å². The second-order valence-corrected chi connectivity index (χ2v) is 5.29. The van der Waals surface area contributed by atoms with Crippen molar-refractivity contribution in [3.8, 4) is 0 Å². The summed E-state index contributed by atoms with van der Waals surface area (Å²) >= 11 is 0. The third-order valence-corrected chi connectivity index (χ3v) is 3.13. The van der Waals surface area contributed by atoms with Gasteiger partial charge in [-0.1, -0.05) is 20.3 Å². The molecule has 3 nitrogen and oxygen atoms in total. The van der Waals surface area contributed by atoms with E-state index in [2.05, 4.69) is 24.1 Å². The summed E-state index contributed by atoms with van der Waals surface area (Å²) in [6.45, 7) is 10.0. The van der Waals surface area contributed by atoms with Crippen LogP contribution in [0, 0.1) is 5.92 Å². The number of nitrogens with one attached hydrogen (secondary N) is 1. The summed E-state index contributed by atoms with van der Waals surface area (Å²) in [5, 5.41) is 3.62. The monoisotopic (exact) mass is 228 g/mol. The molecule has 1 fully saturated rings. The number of nitrogens with zero attached hydrogens (tertiary/aromatic N) is 1. The Bertz CT molecular complexity index is 167. The number of ether oxygens (including phenoxy) is 1. The lowest BCUT2D eigenvalue weighted by molar-refractivity contribution is 0.129. The van der Waals surface area contributed by atoms with Gasteiger partial charge in [-0.05, 0) is 25.3 Å². The lowest BCUT2D eigenvalue weighted by atomic mass is 10.0. The molecule has 0 aromatic carbocycles. The normalized spacial score (nSPS) is 21.9. The van der Waals surface area contributed by atoms with Gasteiger partial charge in [-0.2, -0.15) is 0 Å². The van der Waals surface area contributed by atoms with Crippen LogP contribution in [0.15, 0.2) is 0 Å². The van der Waals surface area contributed by atoms with E-state index in [1.165, 1.54) is 38.9 Å². The summed E-state index contributed by atoms with van der Waals surface area (Å²) in [6, 6.07) is 0.698. The minimum absolute atomic E-state index is 0.698. The largest absolute Gasteiger partial charge is 0.383 e. The SMILES string of the molecule is COCCN(CC(C)C)CC1CCCCN1. The van der Waals surface area contributed by atoms with Crippen molar-refractivity contribution in [2.75, 3.05) is 39.9 Å². The van der Waals surface area contributed by atoms with Crippen LogP contribution in [0.4, 0.5) is 0 Å². The van der Waals surface area contributed by atoms with Crippen LogP contribution in [0.3, 0.4) is 0 Å². The number of methoxy groups -OCH3 is 1. The van der Waals surface area contributed by atoms with Gasteiger partial charge in [0.2, 0.25) is 0 Å². The zero-order chi connectivity index (χ0) is 11.8. The quantitative estimate of drug-likeness (QED) is 0.718. The topological polar surface area (TPSA) is 24.5 Å². The third-order valence-electron chi connectivity index (χ3n) is 3.13. The van der Waals surface area contributed by atoms with Crippen LogP contribution in [-0.4, -0.2) is 50.8 Å². The fraction of sp³-hybridized carbons (Fsp3) is 1.00. The van der Waals surface area contributed by atoms with Crippen molar-refractivity contribution in [2.24, 2.45) is 5.92 Å². The van der Waals surface area contributed by atoms with Crippen molar-refractivity contribution >= 4 is 0 Å². The van der Waals surface area contributed by atoms with Gasteiger partial charge in [-0.3, -0.25) is 4.90 Å². The highest BCUT2D eigenvalue weighted by molar-refractivity contribution is 4.76.